The summed E-state index contributed by atoms with van der Waals surface area (Å²) in [5, 5.41) is 20.3. The molecule has 0 aliphatic carbocycles. The summed E-state index contributed by atoms with van der Waals surface area (Å²) in [6.07, 6.45) is 0. The molecule has 0 aliphatic heterocycles. The van der Waals surface area contributed by atoms with Crippen LogP contribution in [0.2, 0.25) is 0 Å². The highest BCUT2D eigenvalue weighted by Crippen LogP contribution is 2.26. The Morgan fingerprint density at radius 1 is 1.24 bits per heavy atom. The van der Waals surface area contributed by atoms with Crippen molar-refractivity contribution in [2.75, 3.05) is 5.43 Å². The fraction of sp³-hybridized carbons (Fsp3) is 0. The van der Waals surface area contributed by atoms with Crippen LogP contribution in [0.5, 0.6) is 0 Å². The number of fused-ring (bicyclic) bond motifs is 1. The molecule has 0 bridgehead atoms. The molecule has 8 nitrogen and oxygen atoms in total. The Hall–Kier alpha value is -3.99. The van der Waals surface area contributed by atoms with Crippen molar-refractivity contribution in [3.05, 3.63) is 59.0 Å². The van der Waals surface area contributed by atoms with Gasteiger partial charge in [0.1, 0.15) is 6.07 Å². The van der Waals surface area contributed by atoms with Gasteiger partial charge in [0, 0.05) is 0 Å². The number of hydrogen-bond acceptors (Lipinski definition) is 7. The van der Waals surface area contributed by atoms with Crippen LogP contribution in [0.4, 0.5) is 5.69 Å². The third-order valence-corrected chi connectivity index (χ3v) is 3.34. The molecule has 0 saturated carbocycles. The number of rotatable bonds is 4. The summed E-state index contributed by atoms with van der Waals surface area (Å²) in [6, 6.07) is 15.4. The zero-order valence-corrected chi connectivity index (χ0v) is 12.9. The summed E-state index contributed by atoms with van der Waals surface area (Å²) in [4.78, 5) is 16.5. The molecule has 0 saturated heterocycles. The second-order valence-electron chi connectivity index (χ2n) is 4.97. The lowest BCUT2D eigenvalue weighted by atomic mass is 10.1. The van der Waals surface area contributed by atoms with E-state index in [1.54, 1.807) is 54.6 Å². The number of anilines is 1. The van der Waals surface area contributed by atoms with Crippen LogP contribution in [0.1, 0.15) is 0 Å². The van der Waals surface area contributed by atoms with Gasteiger partial charge in [-0.3, -0.25) is 10.8 Å². The van der Waals surface area contributed by atoms with Gasteiger partial charge in [-0.2, -0.15) is 10.4 Å². The largest absolute Gasteiger partial charge is 0.403 e. The smallest absolute Gasteiger partial charge is 0.347 e. The molecule has 0 unspecified atom stereocenters. The van der Waals surface area contributed by atoms with Gasteiger partial charge in [-0.15, -0.1) is 0 Å². The van der Waals surface area contributed by atoms with Gasteiger partial charge in [-0.25, -0.2) is 9.78 Å². The summed E-state index contributed by atoms with van der Waals surface area (Å²) in [5.74, 6) is -0.342. The first-order valence-corrected chi connectivity index (χ1v) is 7.17. The van der Waals surface area contributed by atoms with E-state index < -0.39 is 11.5 Å². The molecule has 0 amide bonds. The molecule has 8 heteroatoms. The van der Waals surface area contributed by atoms with Crippen molar-refractivity contribution in [1.29, 1.82) is 10.7 Å². The van der Waals surface area contributed by atoms with Gasteiger partial charge in [-0.1, -0.05) is 24.3 Å². The molecule has 122 valence electrons. The SMILES string of the molecule is N#C/C(=N\Nc1ccccc1-c1nc2ccccc2c(=O)o1)C(=N)N. The van der Waals surface area contributed by atoms with E-state index in [4.69, 9.17) is 20.8 Å². The number of para-hydroxylation sites is 2. The number of hydrogen-bond donors (Lipinski definition) is 3. The van der Waals surface area contributed by atoms with Gasteiger partial charge in [-0.05, 0) is 24.3 Å². The number of hydrazone groups is 1. The topological polar surface area (TPSA) is 141 Å². The predicted molar refractivity (Wildman–Crippen MR) is 94.3 cm³/mol. The number of nitrogens with one attached hydrogen (secondary N) is 2. The Morgan fingerprint density at radius 2 is 1.96 bits per heavy atom. The van der Waals surface area contributed by atoms with E-state index in [1.807, 2.05) is 0 Å². The fourth-order valence-electron chi connectivity index (χ4n) is 2.16. The number of nitrogens with two attached hydrogens (primary N) is 1. The summed E-state index contributed by atoms with van der Waals surface area (Å²) in [6.45, 7) is 0. The highest BCUT2D eigenvalue weighted by atomic mass is 16.4. The lowest BCUT2D eigenvalue weighted by Gasteiger charge is -2.08. The van der Waals surface area contributed by atoms with Crippen LogP contribution in [0, 0.1) is 16.7 Å². The first-order chi connectivity index (χ1) is 12.1. The Labute approximate surface area is 141 Å². The van der Waals surface area contributed by atoms with Crippen molar-refractivity contribution in [1.82, 2.24) is 4.98 Å². The molecular weight excluding hydrogens is 320 g/mol. The van der Waals surface area contributed by atoms with Gasteiger partial charge >= 0.3 is 5.63 Å². The molecule has 0 fully saturated rings. The minimum atomic E-state index is -0.500. The average molecular weight is 332 g/mol. The number of aromatic nitrogens is 1. The lowest BCUT2D eigenvalue weighted by molar-refractivity contribution is 0.518. The van der Waals surface area contributed by atoms with Crippen LogP contribution in [-0.2, 0) is 0 Å². The third-order valence-electron chi connectivity index (χ3n) is 3.34. The summed E-state index contributed by atoms with van der Waals surface area (Å²) in [5.41, 5.74) is 8.59. The zero-order chi connectivity index (χ0) is 17.8. The van der Waals surface area contributed by atoms with Crippen molar-refractivity contribution in [3.8, 4) is 17.5 Å². The molecule has 3 aromatic rings. The minimum Gasteiger partial charge on any atom is -0.403 e. The van der Waals surface area contributed by atoms with Gasteiger partial charge < -0.3 is 10.2 Å². The van der Waals surface area contributed by atoms with Crippen LogP contribution in [0.15, 0.2) is 62.8 Å². The molecule has 0 spiro atoms. The number of nitrogens with zero attached hydrogens (tertiary/aromatic N) is 3. The highest BCUT2D eigenvalue weighted by molar-refractivity contribution is 6.45. The van der Waals surface area contributed by atoms with Crippen molar-refractivity contribution >= 4 is 28.1 Å². The van der Waals surface area contributed by atoms with E-state index >= 15 is 0 Å². The molecule has 4 N–H and O–H groups in total. The number of nitriles is 1. The molecule has 1 heterocycles. The monoisotopic (exact) mass is 332 g/mol. The van der Waals surface area contributed by atoms with E-state index in [2.05, 4.69) is 15.5 Å². The van der Waals surface area contributed by atoms with E-state index in [-0.39, 0.29) is 11.6 Å². The lowest BCUT2D eigenvalue weighted by Crippen LogP contribution is -2.21. The first kappa shape index (κ1) is 15.9. The molecule has 2 aromatic carbocycles. The van der Waals surface area contributed by atoms with E-state index in [9.17, 15) is 4.79 Å². The van der Waals surface area contributed by atoms with Gasteiger partial charge in [0.15, 0.2) is 5.84 Å². The standard InChI is InChI=1S/C17H12N6O2/c18-9-14(15(19)20)23-22-13-8-4-1-5-10(13)16-21-12-7-3-2-6-11(12)17(24)25-16/h1-8,22H,(H3,19,20)/b23-14+. The molecule has 1 aromatic heterocycles. The fourth-order valence-corrected chi connectivity index (χ4v) is 2.16. The van der Waals surface area contributed by atoms with Crippen LogP contribution in [0.25, 0.3) is 22.4 Å². The molecule has 0 radical (unpaired) electrons. The van der Waals surface area contributed by atoms with Crippen LogP contribution < -0.4 is 16.8 Å². The zero-order valence-electron chi connectivity index (χ0n) is 12.9. The Morgan fingerprint density at radius 3 is 2.72 bits per heavy atom. The molecule has 0 atom stereocenters. The Bertz CT molecular complexity index is 1090. The Kier molecular flexibility index (Phi) is 4.22. The Balaban J connectivity index is 2.09. The van der Waals surface area contributed by atoms with Crippen molar-refractivity contribution in [3.63, 3.8) is 0 Å². The van der Waals surface area contributed by atoms with Gasteiger partial charge in [0.25, 0.3) is 0 Å². The minimum absolute atomic E-state index is 0.114. The molecule has 0 aliphatic rings. The summed E-state index contributed by atoms with van der Waals surface area (Å²) in [7, 11) is 0. The third kappa shape index (κ3) is 3.20. The maximum Gasteiger partial charge on any atom is 0.347 e. The molecule has 3 rings (SSSR count). The van der Waals surface area contributed by atoms with E-state index in [0.717, 1.165) is 0 Å². The van der Waals surface area contributed by atoms with Crippen molar-refractivity contribution in [2.45, 2.75) is 0 Å². The van der Waals surface area contributed by atoms with Crippen molar-refractivity contribution < 1.29 is 4.42 Å². The summed E-state index contributed by atoms with van der Waals surface area (Å²) >= 11 is 0. The second kappa shape index (κ2) is 6.64. The molecular formula is C17H12N6O2. The maximum absolute atomic E-state index is 12.1. The quantitative estimate of drug-likeness (QED) is 0.379. The molecule has 25 heavy (non-hydrogen) atoms. The van der Waals surface area contributed by atoms with Gasteiger partial charge in [0.05, 0.1) is 22.2 Å². The summed E-state index contributed by atoms with van der Waals surface area (Å²) < 4.78 is 5.31. The van der Waals surface area contributed by atoms with Crippen LogP contribution in [0.3, 0.4) is 0 Å². The maximum atomic E-state index is 12.1. The first-order valence-electron chi connectivity index (χ1n) is 7.17. The average Bonchev–Trinajstić information content (AvgIpc) is 2.62. The van der Waals surface area contributed by atoms with Crippen molar-refractivity contribution in [2.24, 2.45) is 10.8 Å². The number of amidine groups is 1. The normalized spacial score (nSPS) is 11.1. The van der Waals surface area contributed by atoms with Crippen LogP contribution >= 0.6 is 0 Å². The van der Waals surface area contributed by atoms with E-state index in [1.165, 1.54) is 0 Å². The van der Waals surface area contributed by atoms with Gasteiger partial charge in [0.2, 0.25) is 11.6 Å². The van der Waals surface area contributed by atoms with E-state index in [0.29, 0.717) is 22.2 Å². The number of benzene rings is 2. The predicted octanol–water partition coefficient (Wildman–Crippen LogP) is 2.08. The van der Waals surface area contributed by atoms with Crippen LogP contribution in [-0.4, -0.2) is 16.5 Å². The highest BCUT2D eigenvalue weighted by Gasteiger charge is 2.12. The second-order valence-corrected chi connectivity index (χ2v) is 4.97.